The molecule has 4 nitrogen and oxygen atoms in total. The van der Waals surface area contributed by atoms with E-state index in [1.54, 1.807) is 0 Å². The predicted molar refractivity (Wildman–Crippen MR) is 128 cm³/mol. The third kappa shape index (κ3) is 6.23. The first-order chi connectivity index (χ1) is 14.0. The van der Waals surface area contributed by atoms with Gasteiger partial charge in [0.2, 0.25) is 0 Å². The first kappa shape index (κ1) is 26.6. The molecule has 3 fully saturated rings. The van der Waals surface area contributed by atoms with Crippen LogP contribution in [0.25, 0.3) is 0 Å². The van der Waals surface area contributed by atoms with Crippen LogP contribution in [0.15, 0.2) is 35.5 Å². The minimum absolute atomic E-state index is 0. The van der Waals surface area contributed by atoms with Crippen LogP contribution in [0, 0.1) is 17.3 Å². The SMILES string of the molecule is C=C1/C(=C/C=C2\CCC[C@]3(C)[C@@H]([C@H](C)OCCC(C)(C)O)CC[C@@H]23)C[C@@H](O)C[C@@H]1O.Cl. The van der Waals surface area contributed by atoms with Gasteiger partial charge in [-0.15, -0.1) is 12.4 Å². The molecule has 0 aliphatic heterocycles. The van der Waals surface area contributed by atoms with Crippen molar-refractivity contribution in [1.82, 2.24) is 0 Å². The minimum Gasteiger partial charge on any atom is -0.393 e. The molecular weight excluding hydrogens is 412 g/mol. The summed E-state index contributed by atoms with van der Waals surface area (Å²) in [5.41, 5.74) is 2.82. The Morgan fingerprint density at radius 2 is 1.97 bits per heavy atom. The molecule has 3 aliphatic carbocycles. The van der Waals surface area contributed by atoms with Crippen LogP contribution in [-0.2, 0) is 4.74 Å². The molecule has 0 aromatic rings. The fraction of sp³-hybridized carbons (Fsp3) is 0.769. The fourth-order valence-corrected chi connectivity index (χ4v) is 6.13. The Bertz CT molecular complexity index is 692. The van der Waals surface area contributed by atoms with Crippen molar-refractivity contribution < 1.29 is 20.1 Å². The van der Waals surface area contributed by atoms with Crippen LogP contribution < -0.4 is 0 Å². The van der Waals surface area contributed by atoms with Crippen LogP contribution in [0.4, 0.5) is 0 Å². The molecule has 6 atom stereocenters. The molecule has 0 amide bonds. The van der Waals surface area contributed by atoms with E-state index >= 15 is 0 Å². The normalized spacial score (nSPS) is 37.6. The van der Waals surface area contributed by atoms with Gasteiger partial charge in [-0.25, -0.2) is 0 Å². The van der Waals surface area contributed by atoms with Crippen molar-refractivity contribution in [2.24, 2.45) is 17.3 Å². The second kappa shape index (κ2) is 10.5. The van der Waals surface area contributed by atoms with E-state index in [0.29, 0.717) is 37.7 Å². The van der Waals surface area contributed by atoms with Crippen LogP contribution in [0.5, 0.6) is 0 Å². The molecule has 0 unspecified atom stereocenters. The van der Waals surface area contributed by atoms with Crippen molar-refractivity contribution in [3.63, 3.8) is 0 Å². The zero-order valence-corrected chi connectivity index (χ0v) is 20.6. The van der Waals surface area contributed by atoms with Crippen molar-refractivity contribution >= 4 is 12.4 Å². The first-order valence-corrected chi connectivity index (χ1v) is 11.8. The highest BCUT2D eigenvalue weighted by atomic mass is 35.5. The van der Waals surface area contributed by atoms with E-state index in [9.17, 15) is 15.3 Å². The lowest BCUT2D eigenvalue weighted by Crippen LogP contribution is -2.39. The largest absolute Gasteiger partial charge is 0.393 e. The Morgan fingerprint density at radius 3 is 2.65 bits per heavy atom. The first-order valence-electron chi connectivity index (χ1n) is 11.8. The molecule has 3 N–H and O–H groups in total. The summed E-state index contributed by atoms with van der Waals surface area (Å²) in [4.78, 5) is 0. The van der Waals surface area contributed by atoms with Gasteiger partial charge in [-0.1, -0.05) is 31.2 Å². The van der Waals surface area contributed by atoms with E-state index in [1.807, 2.05) is 13.8 Å². The van der Waals surface area contributed by atoms with Crippen LogP contribution in [0.3, 0.4) is 0 Å². The maximum absolute atomic E-state index is 10.1. The lowest BCUT2D eigenvalue weighted by molar-refractivity contribution is -0.0454. The zero-order valence-electron chi connectivity index (χ0n) is 19.8. The Labute approximate surface area is 194 Å². The number of aliphatic hydroxyl groups is 3. The molecule has 31 heavy (non-hydrogen) atoms. The van der Waals surface area contributed by atoms with Crippen molar-refractivity contribution in [3.05, 3.63) is 35.5 Å². The van der Waals surface area contributed by atoms with E-state index in [0.717, 1.165) is 17.6 Å². The standard InChI is InChI=1S/C26H42O4.ClH/c1-17-20(15-21(27)16-24(17)28)9-8-19-7-6-12-26(5)22(10-11-23(19)26)18(2)30-14-13-25(3,4)29;/h8-9,18,21-24,27-29H,1,6-7,10-16H2,2-5H3;1H/b19-8+,20-9+;/t18-,21+,22+,23-,24-,26+;/m0./s1. The van der Waals surface area contributed by atoms with Gasteiger partial charge >= 0.3 is 0 Å². The van der Waals surface area contributed by atoms with Gasteiger partial charge in [-0.05, 0) is 94.1 Å². The van der Waals surface area contributed by atoms with E-state index in [1.165, 1.54) is 31.3 Å². The van der Waals surface area contributed by atoms with Crippen molar-refractivity contribution in [2.45, 2.75) is 103 Å². The molecule has 5 heteroatoms. The van der Waals surface area contributed by atoms with Crippen LogP contribution in [-0.4, -0.2) is 45.8 Å². The lowest BCUT2D eigenvalue weighted by atomic mass is 9.62. The number of halogens is 1. The molecule has 0 bridgehead atoms. The van der Waals surface area contributed by atoms with Gasteiger partial charge in [0.05, 0.1) is 23.9 Å². The van der Waals surface area contributed by atoms with Crippen molar-refractivity contribution in [2.75, 3.05) is 6.61 Å². The maximum atomic E-state index is 10.1. The van der Waals surface area contributed by atoms with Gasteiger partial charge in [0.15, 0.2) is 0 Å². The number of hydrogen-bond donors (Lipinski definition) is 3. The van der Waals surface area contributed by atoms with E-state index < -0.39 is 17.8 Å². The third-order valence-electron chi connectivity index (χ3n) is 7.96. The highest BCUT2D eigenvalue weighted by Gasteiger charge is 2.51. The number of aliphatic hydroxyl groups excluding tert-OH is 2. The maximum Gasteiger partial charge on any atom is 0.0811 e. The van der Waals surface area contributed by atoms with Gasteiger partial charge in [0, 0.05) is 13.0 Å². The van der Waals surface area contributed by atoms with Gasteiger partial charge in [-0.2, -0.15) is 0 Å². The molecule has 3 rings (SSSR count). The van der Waals surface area contributed by atoms with E-state index in [4.69, 9.17) is 4.74 Å². The van der Waals surface area contributed by atoms with Gasteiger partial charge in [-0.3, -0.25) is 0 Å². The van der Waals surface area contributed by atoms with Crippen molar-refractivity contribution in [1.29, 1.82) is 0 Å². The third-order valence-corrected chi connectivity index (χ3v) is 7.96. The fourth-order valence-electron chi connectivity index (χ4n) is 6.13. The molecule has 0 saturated heterocycles. The van der Waals surface area contributed by atoms with Gasteiger partial charge in [0.1, 0.15) is 0 Å². The molecule has 0 radical (unpaired) electrons. The summed E-state index contributed by atoms with van der Waals surface area (Å²) in [5, 5.41) is 30.1. The molecule has 0 aromatic heterocycles. The summed E-state index contributed by atoms with van der Waals surface area (Å²) in [6, 6.07) is 0. The van der Waals surface area contributed by atoms with E-state index in [2.05, 4.69) is 32.6 Å². The van der Waals surface area contributed by atoms with Gasteiger partial charge in [0.25, 0.3) is 0 Å². The second-order valence-corrected chi connectivity index (χ2v) is 10.8. The molecule has 3 aliphatic rings. The van der Waals surface area contributed by atoms with Gasteiger partial charge < -0.3 is 20.1 Å². The molecular formula is C26H43ClO4. The van der Waals surface area contributed by atoms with E-state index in [-0.39, 0.29) is 23.9 Å². The highest BCUT2D eigenvalue weighted by molar-refractivity contribution is 5.85. The second-order valence-electron chi connectivity index (χ2n) is 10.8. The zero-order chi connectivity index (χ0) is 22.1. The predicted octanol–water partition coefficient (Wildman–Crippen LogP) is 5.12. The minimum atomic E-state index is -0.680. The Hall–Kier alpha value is -0.650. The molecule has 3 saturated carbocycles. The average Bonchev–Trinajstić information content (AvgIpc) is 3.00. The number of hydrogen-bond acceptors (Lipinski definition) is 4. The van der Waals surface area contributed by atoms with Crippen LogP contribution in [0.1, 0.15) is 79.1 Å². The summed E-state index contributed by atoms with van der Waals surface area (Å²) in [5.74, 6) is 1.11. The smallest absolute Gasteiger partial charge is 0.0811 e. The lowest BCUT2D eigenvalue weighted by Gasteiger charge is -2.44. The molecule has 0 aromatic carbocycles. The average molecular weight is 455 g/mol. The Morgan fingerprint density at radius 1 is 1.26 bits per heavy atom. The Balaban J connectivity index is 0.00000341. The molecule has 0 heterocycles. The number of fused-ring (bicyclic) bond motifs is 1. The summed E-state index contributed by atoms with van der Waals surface area (Å²) in [7, 11) is 0. The quantitative estimate of drug-likeness (QED) is 0.521. The summed E-state index contributed by atoms with van der Waals surface area (Å²) < 4.78 is 6.19. The highest BCUT2D eigenvalue weighted by Crippen LogP contribution is 2.58. The number of rotatable bonds is 6. The topological polar surface area (TPSA) is 69.9 Å². The summed E-state index contributed by atoms with van der Waals surface area (Å²) >= 11 is 0. The van der Waals surface area contributed by atoms with Crippen molar-refractivity contribution in [3.8, 4) is 0 Å². The molecule has 0 spiro atoms. The number of ether oxygens (including phenoxy) is 1. The Kier molecular flexibility index (Phi) is 9.03. The van der Waals surface area contributed by atoms with Crippen LogP contribution >= 0.6 is 12.4 Å². The number of allylic oxidation sites excluding steroid dienone is 3. The van der Waals surface area contributed by atoms with Crippen LogP contribution in [0.2, 0.25) is 0 Å². The molecule has 178 valence electrons. The monoisotopic (exact) mass is 454 g/mol. The summed E-state index contributed by atoms with van der Waals surface area (Å²) in [6.45, 7) is 13.0. The summed E-state index contributed by atoms with van der Waals surface area (Å²) in [6.07, 6.45) is 11.0.